The van der Waals surface area contributed by atoms with Gasteiger partial charge in [-0.25, -0.2) is 0 Å². The molecule has 0 saturated heterocycles. The smallest absolute Gasteiger partial charge is 0.253 e. The number of carbonyl (C=O) groups is 2. The van der Waals surface area contributed by atoms with E-state index in [2.05, 4.69) is 15.6 Å². The average Bonchev–Trinajstić information content (AvgIpc) is 2.60. The van der Waals surface area contributed by atoms with E-state index in [0.717, 1.165) is 12.0 Å². The molecular formula is C18H21N3O3. The Morgan fingerprint density at radius 2 is 1.92 bits per heavy atom. The van der Waals surface area contributed by atoms with Crippen LogP contribution in [0.1, 0.15) is 46.5 Å². The summed E-state index contributed by atoms with van der Waals surface area (Å²) in [5, 5.41) is 5.67. The Hall–Kier alpha value is -2.89. The van der Waals surface area contributed by atoms with E-state index in [0.29, 0.717) is 17.7 Å². The first-order chi connectivity index (χ1) is 11.5. The third kappa shape index (κ3) is 4.81. The highest BCUT2D eigenvalue weighted by Gasteiger charge is 2.10. The molecule has 2 rings (SSSR count). The maximum absolute atomic E-state index is 12.1. The molecule has 0 bridgehead atoms. The Labute approximate surface area is 140 Å². The average molecular weight is 327 g/mol. The number of hydrogen-bond acceptors (Lipinski definition) is 3. The highest BCUT2D eigenvalue weighted by molar-refractivity contribution is 5.95. The van der Waals surface area contributed by atoms with Gasteiger partial charge in [-0.3, -0.25) is 14.4 Å². The van der Waals surface area contributed by atoms with Gasteiger partial charge in [-0.15, -0.1) is 0 Å². The van der Waals surface area contributed by atoms with Crippen molar-refractivity contribution in [3.05, 3.63) is 69.6 Å². The molecule has 6 heteroatoms. The van der Waals surface area contributed by atoms with E-state index in [9.17, 15) is 14.4 Å². The van der Waals surface area contributed by atoms with E-state index in [4.69, 9.17) is 0 Å². The van der Waals surface area contributed by atoms with Crippen molar-refractivity contribution in [3.63, 3.8) is 0 Å². The monoisotopic (exact) mass is 327 g/mol. The van der Waals surface area contributed by atoms with Crippen LogP contribution in [0.4, 0.5) is 0 Å². The van der Waals surface area contributed by atoms with Crippen molar-refractivity contribution in [2.75, 3.05) is 0 Å². The van der Waals surface area contributed by atoms with Crippen molar-refractivity contribution in [3.8, 4) is 0 Å². The fourth-order valence-electron chi connectivity index (χ4n) is 2.07. The molecule has 2 aromatic rings. The van der Waals surface area contributed by atoms with E-state index in [1.807, 2.05) is 19.9 Å². The van der Waals surface area contributed by atoms with Crippen LogP contribution in [0, 0.1) is 0 Å². The summed E-state index contributed by atoms with van der Waals surface area (Å²) in [4.78, 5) is 37.6. The molecular weight excluding hydrogens is 306 g/mol. The standard InChI is InChI=1S/C18H21N3O3/c1-3-12(2)21-18(24)14-6-4-5-13(9-14)10-20-17(23)15-7-8-16(22)19-11-15/h4-9,11-12H,3,10H2,1-2H3,(H,19,22)(H,20,23)(H,21,24)/t12-/m0/s1. The van der Waals surface area contributed by atoms with Crippen molar-refractivity contribution in [1.29, 1.82) is 0 Å². The van der Waals surface area contributed by atoms with Gasteiger partial charge in [-0.1, -0.05) is 19.1 Å². The first-order valence-corrected chi connectivity index (χ1v) is 7.86. The highest BCUT2D eigenvalue weighted by atomic mass is 16.2. The van der Waals surface area contributed by atoms with Crippen LogP contribution in [0.25, 0.3) is 0 Å². The summed E-state index contributed by atoms with van der Waals surface area (Å²) in [5.41, 5.74) is 1.50. The second kappa shape index (κ2) is 8.10. The molecule has 1 atom stereocenters. The van der Waals surface area contributed by atoms with Crippen LogP contribution < -0.4 is 16.2 Å². The van der Waals surface area contributed by atoms with Crippen LogP contribution in [-0.2, 0) is 6.54 Å². The molecule has 0 fully saturated rings. The summed E-state index contributed by atoms with van der Waals surface area (Å²) < 4.78 is 0. The molecule has 1 heterocycles. The number of aromatic nitrogens is 1. The van der Waals surface area contributed by atoms with E-state index >= 15 is 0 Å². The highest BCUT2D eigenvalue weighted by Crippen LogP contribution is 2.06. The van der Waals surface area contributed by atoms with Gasteiger partial charge in [-0.05, 0) is 37.1 Å². The van der Waals surface area contributed by atoms with Crippen LogP contribution >= 0.6 is 0 Å². The number of H-pyrrole nitrogens is 1. The Kier molecular flexibility index (Phi) is 5.89. The summed E-state index contributed by atoms with van der Waals surface area (Å²) in [7, 11) is 0. The minimum Gasteiger partial charge on any atom is -0.350 e. The fraction of sp³-hybridized carbons (Fsp3) is 0.278. The minimum absolute atomic E-state index is 0.112. The number of aromatic amines is 1. The van der Waals surface area contributed by atoms with Gasteiger partial charge in [0.25, 0.3) is 11.8 Å². The maximum Gasteiger partial charge on any atom is 0.253 e. The molecule has 0 aliphatic rings. The molecule has 24 heavy (non-hydrogen) atoms. The zero-order valence-corrected chi connectivity index (χ0v) is 13.8. The van der Waals surface area contributed by atoms with Crippen molar-refractivity contribution < 1.29 is 9.59 Å². The Morgan fingerprint density at radius 1 is 1.12 bits per heavy atom. The number of nitrogens with one attached hydrogen (secondary N) is 3. The largest absolute Gasteiger partial charge is 0.350 e. The summed E-state index contributed by atoms with van der Waals surface area (Å²) in [6, 6.07) is 10.00. The van der Waals surface area contributed by atoms with E-state index in [-0.39, 0.29) is 23.4 Å². The van der Waals surface area contributed by atoms with Gasteiger partial charge in [0, 0.05) is 30.4 Å². The van der Waals surface area contributed by atoms with Crippen LogP contribution in [0.3, 0.4) is 0 Å². The Balaban J connectivity index is 1.99. The van der Waals surface area contributed by atoms with Gasteiger partial charge in [0.2, 0.25) is 5.56 Å². The normalized spacial score (nSPS) is 11.6. The predicted molar refractivity (Wildman–Crippen MR) is 91.9 cm³/mol. The molecule has 3 N–H and O–H groups in total. The van der Waals surface area contributed by atoms with Crippen molar-refractivity contribution in [1.82, 2.24) is 15.6 Å². The van der Waals surface area contributed by atoms with Crippen molar-refractivity contribution in [2.24, 2.45) is 0 Å². The van der Waals surface area contributed by atoms with Crippen LogP contribution in [0.5, 0.6) is 0 Å². The lowest BCUT2D eigenvalue weighted by Crippen LogP contribution is -2.32. The van der Waals surface area contributed by atoms with E-state index in [1.165, 1.54) is 18.3 Å². The first-order valence-electron chi connectivity index (χ1n) is 7.86. The van der Waals surface area contributed by atoms with E-state index < -0.39 is 0 Å². The molecule has 1 aromatic carbocycles. The lowest BCUT2D eigenvalue weighted by molar-refractivity contribution is 0.0936. The number of rotatable bonds is 6. The molecule has 2 amide bonds. The number of hydrogen-bond donors (Lipinski definition) is 3. The SMILES string of the molecule is CC[C@H](C)NC(=O)c1cccc(CNC(=O)c2ccc(=O)[nH]c2)c1. The Morgan fingerprint density at radius 3 is 2.58 bits per heavy atom. The summed E-state index contributed by atoms with van der Waals surface area (Å²) >= 11 is 0. The zero-order valence-electron chi connectivity index (χ0n) is 13.8. The van der Waals surface area contributed by atoms with Crippen molar-refractivity contribution in [2.45, 2.75) is 32.9 Å². The maximum atomic E-state index is 12.1. The summed E-state index contributed by atoms with van der Waals surface area (Å²) in [5.74, 6) is -0.418. The molecule has 0 spiro atoms. The molecule has 0 aliphatic carbocycles. The lowest BCUT2D eigenvalue weighted by Gasteiger charge is -2.12. The second-order valence-electron chi connectivity index (χ2n) is 5.61. The molecule has 6 nitrogen and oxygen atoms in total. The third-order valence-electron chi connectivity index (χ3n) is 3.68. The number of pyridine rings is 1. The topological polar surface area (TPSA) is 91.1 Å². The van der Waals surface area contributed by atoms with Gasteiger partial charge in [0.15, 0.2) is 0 Å². The molecule has 126 valence electrons. The molecule has 1 aromatic heterocycles. The van der Waals surface area contributed by atoms with E-state index in [1.54, 1.807) is 18.2 Å². The predicted octanol–water partition coefficient (Wildman–Crippen LogP) is 1.83. The molecule has 0 aliphatic heterocycles. The number of amides is 2. The zero-order chi connectivity index (χ0) is 17.5. The third-order valence-corrected chi connectivity index (χ3v) is 3.68. The van der Waals surface area contributed by atoms with Crippen molar-refractivity contribution >= 4 is 11.8 Å². The van der Waals surface area contributed by atoms with Gasteiger partial charge in [0.1, 0.15) is 0 Å². The fourth-order valence-corrected chi connectivity index (χ4v) is 2.07. The first kappa shape index (κ1) is 17.5. The van der Waals surface area contributed by atoms with Gasteiger partial charge in [-0.2, -0.15) is 0 Å². The molecule has 0 radical (unpaired) electrons. The summed E-state index contributed by atoms with van der Waals surface area (Å²) in [6.45, 7) is 4.25. The van der Waals surface area contributed by atoms with Crippen LogP contribution in [0.15, 0.2) is 47.4 Å². The molecule has 0 unspecified atom stereocenters. The molecule has 0 saturated carbocycles. The van der Waals surface area contributed by atoms with Crippen LogP contribution in [-0.4, -0.2) is 22.8 Å². The van der Waals surface area contributed by atoms with Gasteiger partial charge < -0.3 is 15.6 Å². The second-order valence-corrected chi connectivity index (χ2v) is 5.61. The number of benzene rings is 1. The minimum atomic E-state index is -0.291. The van der Waals surface area contributed by atoms with Gasteiger partial charge in [0.05, 0.1) is 5.56 Å². The van der Waals surface area contributed by atoms with Gasteiger partial charge >= 0.3 is 0 Å². The Bertz CT molecular complexity index is 763. The lowest BCUT2D eigenvalue weighted by atomic mass is 10.1. The number of carbonyl (C=O) groups excluding carboxylic acids is 2. The summed E-state index contributed by atoms with van der Waals surface area (Å²) in [6.07, 6.45) is 2.23. The van der Waals surface area contributed by atoms with Crippen LogP contribution in [0.2, 0.25) is 0 Å². The quantitative estimate of drug-likeness (QED) is 0.756.